The van der Waals surface area contributed by atoms with Crippen molar-refractivity contribution in [2.24, 2.45) is 17.8 Å². The summed E-state index contributed by atoms with van der Waals surface area (Å²) < 4.78 is 5.36. The molecule has 1 aliphatic heterocycles. The topological polar surface area (TPSA) is 125 Å². The van der Waals surface area contributed by atoms with E-state index in [2.05, 4.69) is 10.7 Å². The van der Waals surface area contributed by atoms with E-state index in [1.54, 1.807) is 13.8 Å². The number of allylic oxidation sites excluding steroid dienone is 1. The standard InChI is InChI=1S/C22H37N3O6/c1-7-9-19(31-6)14(4)18(26)12-16(13(2)3)20(27)23-15(5)21(28)25-11-8-10-17(24-25)22(29)30/h7,9,13-17,19,24H,8,10-12H2,1-6H3,(H,23,27)(H,29,30)/b9-7+/t14-,15-,16-,17-,19+/m0/s1. The number of carbonyl (C=O) groups is 4. The number of carbonyl (C=O) groups excluding carboxylic acids is 3. The van der Waals surface area contributed by atoms with Crippen LogP contribution in [0.3, 0.4) is 0 Å². The first kappa shape index (κ1) is 26.8. The number of carboxylic acid groups (broad SMARTS) is 1. The van der Waals surface area contributed by atoms with Gasteiger partial charge in [-0.15, -0.1) is 0 Å². The van der Waals surface area contributed by atoms with Gasteiger partial charge in [0.25, 0.3) is 5.91 Å². The third kappa shape index (κ3) is 7.74. The third-order valence-electron chi connectivity index (χ3n) is 5.70. The van der Waals surface area contributed by atoms with Crippen LogP contribution >= 0.6 is 0 Å². The van der Waals surface area contributed by atoms with E-state index in [-0.39, 0.29) is 30.1 Å². The minimum Gasteiger partial charge on any atom is -0.480 e. The molecule has 0 saturated carbocycles. The average Bonchev–Trinajstić information content (AvgIpc) is 2.74. The molecule has 0 aromatic rings. The molecule has 0 radical (unpaired) electrons. The molecule has 0 aromatic heterocycles. The number of hydrogen-bond donors (Lipinski definition) is 3. The second-order valence-corrected chi connectivity index (χ2v) is 8.42. The van der Waals surface area contributed by atoms with Crippen LogP contribution in [-0.2, 0) is 23.9 Å². The Kier molecular flexibility index (Phi) is 10.8. The van der Waals surface area contributed by atoms with Gasteiger partial charge in [-0.05, 0) is 32.6 Å². The highest BCUT2D eigenvalue weighted by Gasteiger charge is 2.33. The molecular weight excluding hydrogens is 402 g/mol. The number of methoxy groups -OCH3 is 1. The molecule has 9 nitrogen and oxygen atoms in total. The van der Waals surface area contributed by atoms with E-state index >= 15 is 0 Å². The molecule has 1 saturated heterocycles. The van der Waals surface area contributed by atoms with Crippen LogP contribution in [-0.4, -0.2) is 65.5 Å². The highest BCUT2D eigenvalue weighted by molar-refractivity contribution is 5.91. The predicted octanol–water partition coefficient (Wildman–Crippen LogP) is 1.53. The van der Waals surface area contributed by atoms with Crippen molar-refractivity contribution < 1.29 is 29.0 Å². The SMILES string of the molecule is C/C=C/[C@@H](OC)[C@@H](C)C(=O)C[C@H](C(=O)N[C@@H](C)C(=O)N1CCC[C@@H](C(=O)O)N1)C(C)C. The zero-order valence-corrected chi connectivity index (χ0v) is 19.4. The second-order valence-electron chi connectivity index (χ2n) is 8.42. The quantitative estimate of drug-likeness (QED) is 0.417. The van der Waals surface area contributed by atoms with Gasteiger partial charge in [-0.3, -0.25) is 24.2 Å². The molecule has 2 amide bonds. The zero-order valence-electron chi connectivity index (χ0n) is 19.4. The van der Waals surface area contributed by atoms with Gasteiger partial charge in [0, 0.05) is 31.9 Å². The monoisotopic (exact) mass is 439 g/mol. The molecule has 31 heavy (non-hydrogen) atoms. The van der Waals surface area contributed by atoms with Crippen molar-refractivity contribution in [2.45, 2.75) is 72.1 Å². The van der Waals surface area contributed by atoms with Crippen molar-refractivity contribution >= 4 is 23.6 Å². The molecule has 1 heterocycles. The molecule has 1 aliphatic rings. The number of nitrogens with one attached hydrogen (secondary N) is 2. The van der Waals surface area contributed by atoms with Crippen LogP contribution in [0.4, 0.5) is 0 Å². The number of hydrogen-bond acceptors (Lipinski definition) is 6. The number of carboxylic acids is 1. The van der Waals surface area contributed by atoms with Crippen LogP contribution in [0.15, 0.2) is 12.2 Å². The Morgan fingerprint density at radius 1 is 1.23 bits per heavy atom. The maximum absolute atomic E-state index is 12.9. The van der Waals surface area contributed by atoms with Crippen LogP contribution in [0.25, 0.3) is 0 Å². The number of rotatable bonds is 11. The summed E-state index contributed by atoms with van der Waals surface area (Å²) in [6.07, 6.45) is 4.31. The predicted molar refractivity (Wildman–Crippen MR) is 116 cm³/mol. The Hall–Kier alpha value is -2.26. The Morgan fingerprint density at radius 3 is 2.39 bits per heavy atom. The first-order valence-corrected chi connectivity index (χ1v) is 10.8. The lowest BCUT2D eigenvalue weighted by atomic mass is 9.85. The van der Waals surface area contributed by atoms with Crippen molar-refractivity contribution in [3.63, 3.8) is 0 Å². The van der Waals surface area contributed by atoms with Gasteiger partial charge < -0.3 is 15.2 Å². The van der Waals surface area contributed by atoms with Crippen LogP contribution in [0, 0.1) is 17.8 Å². The Bertz CT molecular complexity index is 678. The first-order chi connectivity index (χ1) is 14.5. The molecule has 3 N–H and O–H groups in total. The molecule has 0 bridgehead atoms. The molecule has 9 heteroatoms. The summed E-state index contributed by atoms with van der Waals surface area (Å²) in [6.45, 7) is 9.27. The first-order valence-electron chi connectivity index (χ1n) is 10.8. The van der Waals surface area contributed by atoms with E-state index in [1.165, 1.54) is 12.1 Å². The fourth-order valence-electron chi connectivity index (χ4n) is 3.60. The molecule has 0 aliphatic carbocycles. The molecule has 0 spiro atoms. The molecule has 1 fully saturated rings. The van der Waals surface area contributed by atoms with Gasteiger partial charge in [-0.1, -0.05) is 32.9 Å². The van der Waals surface area contributed by atoms with E-state index in [1.807, 2.05) is 32.9 Å². The lowest BCUT2D eigenvalue weighted by Gasteiger charge is -2.34. The van der Waals surface area contributed by atoms with Crippen molar-refractivity contribution in [3.05, 3.63) is 12.2 Å². The zero-order chi connectivity index (χ0) is 23.7. The van der Waals surface area contributed by atoms with E-state index in [9.17, 15) is 19.2 Å². The van der Waals surface area contributed by atoms with Gasteiger partial charge in [0.05, 0.1) is 6.10 Å². The van der Waals surface area contributed by atoms with Crippen LogP contribution in [0.2, 0.25) is 0 Å². The average molecular weight is 440 g/mol. The van der Waals surface area contributed by atoms with Crippen LogP contribution in [0.1, 0.15) is 53.9 Å². The minimum atomic E-state index is -1.02. The molecule has 0 unspecified atom stereocenters. The summed E-state index contributed by atoms with van der Waals surface area (Å²) >= 11 is 0. The van der Waals surface area contributed by atoms with E-state index in [4.69, 9.17) is 9.84 Å². The van der Waals surface area contributed by atoms with E-state index in [0.29, 0.717) is 19.4 Å². The Morgan fingerprint density at radius 2 is 1.87 bits per heavy atom. The highest BCUT2D eigenvalue weighted by Crippen LogP contribution is 2.21. The van der Waals surface area contributed by atoms with Crippen molar-refractivity contribution in [3.8, 4) is 0 Å². The van der Waals surface area contributed by atoms with Crippen molar-refractivity contribution in [1.29, 1.82) is 0 Å². The van der Waals surface area contributed by atoms with Gasteiger partial charge in [-0.25, -0.2) is 5.43 Å². The van der Waals surface area contributed by atoms with Crippen molar-refractivity contribution in [2.75, 3.05) is 13.7 Å². The van der Waals surface area contributed by atoms with E-state index < -0.39 is 35.8 Å². The summed E-state index contributed by atoms with van der Waals surface area (Å²) in [5.41, 5.74) is 2.70. The lowest BCUT2D eigenvalue weighted by Crippen LogP contribution is -2.59. The number of ether oxygens (including phenoxy) is 1. The molecule has 1 rings (SSSR count). The van der Waals surface area contributed by atoms with Gasteiger partial charge in [0.2, 0.25) is 5.91 Å². The number of Topliss-reactive ketones (excluding diaryl/α,β-unsaturated/α-hetero) is 1. The number of aliphatic carboxylic acids is 1. The largest absolute Gasteiger partial charge is 0.480 e. The highest BCUT2D eigenvalue weighted by atomic mass is 16.5. The third-order valence-corrected chi connectivity index (χ3v) is 5.70. The summed E-state index contributed by atoms with van der Waals surface area (Å²) in [4.78, 5) is 49.5. The lowest BCUT2D eigenvalue weighted by molar-refractivity contribution is -0.148. The second kappa shape index (κ2) is 12.6. The summed E-state index contributed by atoms with van der Waals surface area (Å²) in [7, 11) is 1.54. The van der Waals surface area contributed by atoms with E-state index in [0.717, 1.165) is 0 Å². The summed E-state index contributed by atoms with van der Waals surface area (Å²) in [6, 6.07) is -1.68. The van der Waals surface area contributed by atoms with Crippen LogP contribution < -0.4 is 10.7 Å². The number of ketones is 1. The molecule has 0 aromatic carbocycles. The van der Waals surface area contributed by atoms with Crippen LogP contribution in [0.5, 0.6) is 0 Å². The van der Waals surface area contributed by atoms with Gasteiger partial charge in [0.1, 0.15) is 17.9 Å². The smallest absolute Gasteiger partial charge is 0.322 e. The number of hydrazine groups is 1. The Labute approximate surface area is 184 Å². The molecule has 176 valence electrons. The summed E-state index contributed by atoms with van der Waals surface area (Å²) in [5, 5.41) is 13.1. The van der Waals surface area contributed by atoms with Gasteiger partial charge in [0.15, 0.2) is 0 Å². The normalized spacial score (nSPS) is 20.9. The fourth-order valence-corrected chi connectivity index (χ4v) is 3.60. The molecular formula is C22H37N3O6. The molecule has 5 atom stereocenters. The minimum absolute atomic E-state index is 0.0477. The fraction of sp³-hybridized carbons (Fsp3) is 0.727. The number of nitrogens with zero attached hydrogens (tertiary/aromatic N) is 1. The maximum Gasteiger partial charge on any atom is 0.322 e. The Balaban J connectivity index is 2.77. The van der Waals surface area contributed by atoms with Gasteiger partial charge in [-0.2, -0.15) is 0 Å². The number of amides is 2. The maximum atomic E-state index is 12.9. The van der Waals surface area contributed by atoms with Gasteiger partial charge >= 0.3 is 5.97 Å². The summed E-state index contributed by atoms with van der Waals surface area (Å²) in [5.74, 6) is -2.98. The van der Waals surface area contributed by atoms with Crippen molar-refractivity contribution in [1.82, 2.24) is 15.8 Å².